The highest BCUT2D eigenvalue weighted by Crippen LogP contribution is 2.13. The number of aromatic nitrogens is 4. The summed E-state index contributed by atoms with van der Waals surface area (Å²) in [5, 5.41) is 14.1. The molecule has 8 nitrogen and oxygen atoms in total. The summed E-state index contributed by atoms with van der Waals surface area (Å²) in [6.45, 7) is 4.83. The molecule has 0 aliphatic carbocycles. The van der Waals surface area contributed by atoms with Gasteiger partial charge in [-0.15, -0.1) is 0 Å². The van der Waals surface area contributed by atoms with Gasteiger partial charge in [-0.05, 0) is 13.3 Å². The fourth-order valence-corrected chi connectivity index (χ4v) is 2.52. The summed E-state index contributed by atoms with van der Waals surface area (Å²) in [7, 11) is 0. The molecular weight excluding hydrogens is 284 g/mol. The Morgan fingerprint density at radius 3 is 3.14 bits per heavy atom. The van der Waals surface area contributed by atoms with Crippen molar-refractivity contribution in [1.82, 2.24) is 25.2 Å². The molecule has 0 radical (unpaired) electrons. The van der Waals surface area contributed by atoms with E-state index in [1.54, 1.807) is 13.0 Å². The van der Waals surface area contributed by atoms with E-state index in [1.807, 2.05) is 11.6 Å². The molecule has 3 rings (SSSR count). The molecule has 0 bridgehead atoms. The lowest BCUT2D eigenvalue weighted by Crippen LogP contribution is -2.41. The number of aryl methyl sites for hydroxylation is 3. The lowest BCUT2D eigenvalue weighted by Gasteiger charge is -2.23. The van der Waals surface area contributed by atoms with Crippen molar-refractivity contribution in [1.29, 1.82) is 0 Å². The zero-order chi connectivity index (χ0) is 15.5. The molecule has 0 fully saturated rings. The first-order valence-electron chi connectivity index (χ1n) is 7.53. The summed E-state index contributed by atoms with van der Waals surface area (Å²) in [5.41, 5.74) is 0.737. The third-order valence-corrected chi connectivity index (χ3v) is 3.66. The van der Waals surface area contributed by atoms with Crippen LogP contribution in [0.4, 0.5) is 5.88 Å². The van der Waals surface area contributed by atoms with E-state index in [2.05, 4.69) is 25.9 Å². The van der Waals surface area contributed by atoms with Crippen molar-refractivity contribution in [3.05, 3.63) is 23.4 Å². The van der Waals surface area contributed by atoms with Crippen LogP contribution in [0, 0.1) is 6.92 Å². The first-order chi connectivity index (χ1) is 10.6. The summed E-state index contributed by atoms with van der Waals surface area (Å²) in [6.07, 6.45) is 2.68. The van der Waals surface area contributed by atoms with Gasteiger partial charge >= 0.3 is 0 Å². The minimum Gasteiger partial charge on any atom is -0.338 e. The van der Waals surface area contributed by atoms with Gasteiger partial charge in [0.05, 0.1) is 18.8 Å². The normalized spacial score (nSPS) is 17.3. The predicted octanol–water partition coefficient (Wildman–Crippen LogP) is 0.680. The van der Waals surface area contributed by atoms with Gasteiger partial charge in [-0.25, -0.2) is 9.67 Å². The highest BCUT2D eigenvalue weighted by atomic mass is 16.5. The van der Waals surface area contributed by atoms with Gasteiger partial charge in [-0.3, -0.25) is 10.1 Å². The Morgan fingerprint density at radius 1 is 1.55 bits per heavy atom. The first kappa shape index (κ1) is 14.7. The number of nitrogens with one attached hydrogen (secondary N) is 2. The van der Waals surface area contributed by atoms with Crippen LogP contribution in [0.15, 0.2) is 10.6 Å². The molecule has 118 valence electrons. The SMILES string of the molecule is CCc1nc2n(n1)C[C@H](NCC(=O)Nc1cc(C)no1)CC2. The van der Waals surface area contributed by atoms with Crippen molar-refractivity contribution in [3.63, 3.8) is 0 Å². The standard InChI is InChI=1S/C14H20N6O2/c1-3-11-16-12-5-4-10(8-20(12)18-11)15-7-13(21)17-14-6-9(2)19-22-14/h6,10,15H,3-5,7-8H2,1-2H3,(H,17,21)/t10-/m1/s1. The number of nitrogens with zero attached hydrogens (tertiary/aromatic N) is 4. The molecule has 0 spiro atoms. The largest absolute Gasteiger partial charge is 0.338 e. The maximum atomic E-state index is 11.9. The van der Waals surface area contributed by atoms with Gasteiger partial charge in [0.2, 0.25) is 11.8 Å². The second-order valence-electron chi connectivity index (χ2n) is 5.48. The number of amides is 1. The van der Waals surface area contributed by atoms with Gasteiger partial charge in [-0.2, -0.15) is 5.10 Å². The minimum absolute atomic E-state index is 0.144. The number of carbonyl (C=O) groups excluding carboxylic acids is 1. The molecule has 0 saturated heterocycles. The van der Waals surface area contributed by atoms with Crippen LogP contribution >= 0.6 is 0 Å². The van der Waals surface area contributed by atoms with Crippen LogP contribution in [-0.4, -0.2) is 38.4 Å². The summed E-state index contributed by atoms with van der Waals surface area (Å²) in [5.74, 6) is 2.15. The van der Waals surface area contributed by atoms with Crippen LogP contribution in [0.1, 0.15) is 30.7 Å². The van der Waals surface area contributed by atoms with E-state index >= 15 is 0 Å². The maximum Gasteiger partial charge on any atom is 0.240 e. The maximum absolute atomic E-state index is 11.9. The van der Waals surface area contributed by atoms with Gasteiger partial charge in [0.1, 0.15) is 5.82 Å². The Hall–Kier alpha value is -2.22. The third kappa shape index (κ3) is 3.33. The van der Waals surface area contributed by atoms with Gasteiger partial charge < -0.3 is 9.84 Å². The fraction of sp³-hybridized carbons (Fsp3) is 0.571. The minimum atomic E-state index is -0.144. The quantitative estimate of drug-likeness (QED) is 0.843. The van der Waals surface area contributed by atoms with Crippen LogP contribution in [0.2, 0.25) is 0 Å². The van der Waals surface area contributed by atoms with E-state index in [1.165, 1.54) is 0 Å². The topological polar surface area (TPSA) is 97.9 Å². The molecule has 8 heteroatoms. The summed E-state index contributed by atoms with van der Waals surface area (Å²) in [6, 6.07) is 1.91. The number of carbonyl (C=O) groups is 1. The zero-order valence-electron chi connectivity index (χ0n) is 12.8. The van der Waals surface area contributed by atoms with E-state index in [-0.39, 0.29) is 18.5 Å². The summed E-state index contributed by atoms with van der Waals surface area (Å²) < 4.78 is 6.90. The van der Waals surface area contributed by atoms with Crippen LogP contribution < -0.4 is 10.6 Å². The number of rotatable bonds is 5. The molecule has 22 heavy (non-hydrogen) atoms. The summed E-state index contributed by atoms with van der Waals surface area (Å²) >= 11 is 0. The number of fused-ring (bicyclic) bond motifs is 1. The Morgan fingerprint density at radius 2 is 2.41 bits per heavy atom. The Bertz CT molecular complexity index is 662. The zero-order valence-corrected chi connectivity index (χ0v) is 12.8. The highest BCUT2D eigenvalue weighted by molar-refractivity contribution is 5.90. The monoisotopic (exact) mass is 304 g/mol. The number of hydrogen-bond donors (Lipinski definition) is 2. The molecule has 2 aromatic rings. The van der Waals surface area contributed by atoms with E-state index in [0.717, 1.165) is 43.1 Å². The molecule has 1 atom stereocenters. The molecule has 1 aliphatic heterocycles. The Kier molecular flexibility index (Phi) is 4.19. The van der Waals surface area contributed by atoms with Crippen molar-refractivity contribution >= 4 is 11.8 Å². The molecule has 1 aliphatic rings. The van der Waals surface area contributed by atoms with Gasteiger partial charge in [-0.1, -0.05) is 12.1 Å². The van der Waals surface area contributed by atoms with Crippen molar-refractivity contribution < 1.29 is 9.32 Å². The number of anilines is 1. The van der Waals surface area contributed by atoms with E-state index in [0.29, 0.717) is 5.88 Å². The second kappa shape index (κ2) is 6.27. The molecule has 3 heterocycles. The van der Waals surface area contributed by atoms with Crippen LogP contribution in [0.5, 0.6) is 0 Å². The van der Waals surface area contributed by atoms with Crippen molar-refractivity contribution in [2.45, 2.75) is 45.7 Å². The van der Waals surface area contributed by atoms with Crippen LogP contribution in [0.25, 0.3) is 0 Å². The molecular formula is C14H20N6O2. The first-order valence-corrected chi connectivity index (χ1v) is 7.53. The van der Waals surface area contributed by atoms with E-state index in [9.17, 15) is 4.79 Å². The lowest BCUT2D eigenvalue weighted by atomic mass is 10.1. The van der Waals surface area contributed by atoms with Crippen molar-refractivity contribution in [2.24, 2.45) is 0 Å². The Labute approximate surface area is 128 Å². The molecule has 2 aromatic heterocycles. The van der Waals surface area contributed by atoms with Gasteiger partial charge in [0.25, 0.3) is 0 Å². The average Bonchev–Trinajstić information content (AvgIpc) is 3.10. The predicted molar refractivity (Wildman–Crippen MR) is 79.4 cm³/mol. The Balaban J connectivity index is 1.49. The van der Waals surface area contributed by atoms with E-state index < -0.39 is 0 Å². The molecule has 0 unspecified atom stereocenters. The molecule has 1 amide bonds. The third-order valence-electron chi connectivity index (χ3n) is 3.66. The van der Waals surface area contributed by atoms with Gasteiger partial charge in [0, 0.05) is 24.9 Å². The number of hydrogen-bond acceptors (Lipinski definition) is 6. The van der Waals surface area contributed by atoms with Crippen molar-refractivity contribution in [2.75, 3.05) is 11.9 Å². The van der Waals surface area contributed by atoms with Crippen molar-refractivity contribution in [3.8, 4) is 0 Å². The lowest BCUT2D eigenvalue weighted by molar-refractivity contribution is -0.115. The molecule has 0 saturated carbocycles. The smallest absolute Gasteiger partial charge is 0.240 e. The van der Waals surface area contributed by atoms with Gasteiger partial charge in [0.15, 0.2) is 5.82 Å². The van der Waals surface area contributed by atoms with E-state index in [4.69, 9.17) is 4.52 Å². The second-order valence-corrected chi connectivity index (χ2v) is 5.48. The fourth-order valence-electron chi connectivity index (χ4n) is 2.52. The van der Waals surface area contributed by atoms with Crippen LogP contribution in [-0.2, 0) is 24.2 Å². The average molecular weight is 304 g/mol. The molecule has 2 N–H and O–H groups in total. The molecule has 0 aromatic carbocycles. The summed E-state index contributed by atoms with van der Waals surface area (Å²) in [4.78, 5) is 16.3. The van der Waals surface area contributed by atoms with Crippen LogP contribution in [0.3, 0.4) is 0 Å². The highest BCUT2D eigenvalue weighted by Gasteiger charge is 2.21.